The van der Waals surface area contributed by atoms with E-state index in [9.17, 15) is 4.79 Å². The van der Waals surface area contributed by atoms with Crippen molar-refractivity contribution >= 4 is 5.82 Å². The summed E-state index contributed by atoms with van der Waals surface area (Å²) in [6.45, 7) is 3.92. The van der Waals surface area contributed by atoms with Crippen LogP contribution in [0.4, 0.5) is 5.82 Å². The fraction of sp³-hybridized carbons (Fsp3) is 0.600. The zero-order chi connectivity index (χ0) is 10.1. The van der Waals surface area contributed by atoms with Gasteiger partial charge in [-0.25, -0.2) is 4.98 Å². The molecule has 1 unspecified atom stereocenters. The number of nitrogens with zero attached hydrogens (tertiary/aromatic N) is 1. The van der Waals surface area contributed by atoms with Gasteiger partial charge in [0.2, 0.25) is 0 Å². The number of hydrogen-bond acceptors (Lipinski definition) is 3. The highest BCUT2D eigenvalue weighted by atomic mass is 16.1. The van der Waals surface area contributed by atoms with Crippen LogP contribution in [-0.4, -0.2) is 16.0 Å². The van der Waals surface area contributed by atoms with Crippen LogP contribution in [0.1, 0.15) is 25.6 Å². The molecule has 0 saturated heterocycles. The summed E-state index contributed by atoms with van der Waals surface area (Å²) in [4.78, 5) is 18.0. The number of H-pyrrole nitrogens is 1. The Bertz CT molecular complexity index is 381. The van der Waals surface area contributed by atoms with Gasteiger partial charge in [-0.2, -0.15) is 0 Å². The van der Waals surface area contributed by atoms with Gasteiger partial charge in [-0.3, -0.25) is 4.79 Å². The van der Waals surface area contributed by atoms with E-state index >= 15 is 0 Å². The molecule has 0 radical (unpaired) electrons. The van der Waals surface area contributed by atoms with Gasteiger partial charge < -0.3 is 10.3 Å². The molecule has 0 amide bonds. The number of anilines is 1. The first-order chi connectivity index (χ1) is 6.65. The molecule has 1 heterocycles. The van der Waals surface area contributed by atoms with Crippen LogP contribution in [0.5, 0.6) is 0 Å². The molecule has 0 spiro atoms. The maximum atomic E-state index is 11.1. The summed E-state index contributed by atoms with van der Waals surface area (Å²) in [5, 5.41) is 3.25. The van der Waals surface area contributed by atoms with Crippen LogP contribution < -0.4 is 10.9 Å². The van der Waals surface area contributed by atoms with Crippen molar-refractivity contribution in [1.82, 2.24) is 9.97 Å². The number of aryl methyl sites for hydroxylation is 1. The SMILES string of the molecule is Cc1nc(NC(C)C2CC2)cc(=O)[nH]1. The summed E-state index contributed by atoms with van der Waals surface area (Å²) in [7, 11) is 0. The Morgan fingerprint density at radius 1 is 1.64 bits per heavy atom. The number of aromatic amines is 1. The van der Waals surface area contributed by atoms with Gasteiger partial charge in [-0.05, 0) is 32.6 Å². The number of hydrogen-bond donors (Lipinski definition) is 2. The molecule has 0 bridgehead atoms. The molecule has 1 aromatic rings. The minimum Gasteiger partial charge on any atom is -0.367 e. The fourth-order valence-electron chi connectivity index (χ4n) is 1.60. The van der Waals surface area contributed by atoms with Gasteiger partial charge in [-0.15, -0.1) is 0 Å². The molecular formula is C10H15N3O. The highest BCUT2D eigenvalue weighted by molar-refractivity contribution is 5.34. The van der Waals surface area contributed by atoms with E-state index in [2.05, 4.69) is 22.2 Å². The Kier molecular flexibility index (Phi) is 2.27. The minimum absolute atomic E-state index is 0.0944. The van der Waals surface area contributed by atoms with Crippen LogP contribution in [0.25, 0.3) is 0 Å². The van der Waals surface area contributed by atoms with E-state index in [0.717, 1.165) is 5.92 Å². The van der Waals surface area contributed by atoms with Crippen molar-refractivity contribution in [2.45, 2.75) is 32.7 Å². The Morgan fingerprint density at radius 3 is 2.93 bits per heavy atom. The van der Waals surface area contributed by atoms with Gasteiger partial charge >= 0.3 is 0 Å². The maximum absolute atomic E-state index is 11.1. The first-order valence-corrected chi connectivity index (χ1v) is 4.99. The predicted octanol–water partition coefficient (Wildman–Crippen LogP) is 1.29. The van der Waals surface area contributed by atoms with Crippen molar-refractivity contribution in [3.63, 3.8) is 0 Å². The van der Waals surface area contributed by atoms with Crippen molar-refractivity contribution in [2.24, 2.45) is 5.92 Å². The molecule has 1 saturated carbocycles. The van der Waals surface area contributed by atoms with Crippen LogP contribution in [0.2, 0.25) is 0 Å². The molecule has 2 N–H and O–H groups in total. The summed E-state index contributed by atoms with van der Waals surface area (Å²) < 4.78 is 0. The van der Waals surface area contributed by atoms with Crippen molar-refractivity contribution in [3.8, 4) is 0 Å². The lowest BCUT2D eigenvalue weighted by molar-refractivity contribution is 0.689. The zero-order valence-corrected chi connectivity index (χ0v) is 8.50. The van der Waals surface area contributed by atoms with Gasteiger partial charge in [0.15, 0.2) is 0 Å². The molecule has 0 aliphatic heterocycles. The molecule has 4 heteroatoms. The monoisotopic (exact) mass is 193 g/mol. The summed E-state index contributed by atoms with van der Waals surface area (Å²) >= 11 is 0. The number of aromatic nitrogens is 2. The third kappa shape index (κ3) is 2.13. The van der Waals surface area contributed by atoms with Gasteiger partial charge in [0.1, 0.15) is 11.6 Å². The molecule has 1 aromatic heterocycles. The second kappa shape index (κ2) is 3.44. The van der Waals surface area contributed by atoms with Gasteiger partial charge in [0, 0.05) is 12.1 Å². The quantitative estimate of drug-likeness (QED) is 0.760. The lowest BCUT2D eigenvalue weighted by Crippen LogP contribution is -2.20. The Hall–Kier alpha value is -1.32. The van der Waals surface area contributed by atoms with Crippen LogP contribution >= 0.6 is 0 Å². The summed E-state index contributed by atoms with van der Waals surface area (Å²) in [5.41, 5.74) is -0.0944. The van der Waals surface area contributed by atoms with Crippen molar-refractivity contribution < 1.29 is 0 Å². The molecule has 1 fully saturated rings. The number of nitrogens with one attached hydrogen (secondary N) is 2. The van der Waals surface area contributed by atoms with Crippen molar-refractivity contribution in [2.75, 3.05) is 5.32 Å². The molecule has 4 nitrogen and oxygen atoms in total. The lowest BCUT2D eigenvalue weighted by atomic mass is 10.2. The first-order valence-electron chi connectivity index (χ1n) is 4.99. The van der Waals surface area contributed by atoms with E-state index in [1.807, 2.05) is 0 Å². The van der Waals surface area contributed by atoms with E-state index in [4.69, 9.17) is 0 Å². The summed E-state index contributed by atoms with van der Waals surface area (Å²) in [5.74, 6) is 2.10. The van der Waals surface area contributed by atoms with Gasteiger partial charge in [0.25, 0.3) is 5.56 Å². The Morgan fingerprint density at radius 2 is 2.36 bits per heavy atom. The van der Waals surface area contributed by atoms with Crippen LogP contribution in [-0.2, 0) is 0 Å². The molecule has 0 aromatic carbocycles. The zero-order valence-electron chi connectivity index (χ0n) is 8.50. The standard InChI is InChI=1S/C10H15N3O/c1-6(8-3-4-8)11-9-5-10(14)13-7(2)12-9/h5-6,8H,3-4H2,1-2H3,(H2,11,12,13,14). The van der Waals surface area contributed by atoms with E-state index < -0.39 is 0 Å². The smallest absolute Gasteiger partial charge is 0.252 e. The highest BCUT2D eigenvalue weighted by Gasteiger charge is 2.27. The first kappa shape index (κ1) is 9.24. The summed E-state index contributed by atoms with van der Waals surface area (Å²) in [6, 6.07) is 1.93. The largest absolute Gasteiger partial charge is 0.367 e. The topological polar surface area (TPSA) is 57.8 Å². The van der Waals surface area contributed by atoms with Crippen molar-refractivity contribution in [3.05, 3.63) is 22.2 Å². The second-order valence-corrected chi connectivity index (χ2v) is 3.99. The average Bonchev–Trinajstić information content (AvgIpc) is 2.82. The van der Waals surface area contributed by atoms with E-state index in [1.54, 1.807) is 6.92 Å². The Labute approximate surface area is 82.8 Å². The number of rotatable bonds is 3. The van der Waals surface area contributed by atoms with Gasteiger partial charge in [-0.1, -0.05) is 0 Å². The maximum Gasteiger partial charge on any atom is 0.252 e. The fourth-order valence-corrected chi connectivity index (χ4v) is 1.60. The third-order valence-corrected chi connectivity index (χ3v) is 2.56. The van der Waals surface area contributed by atoms with Crippen LogP contribution in [0, 0.1) is 12.8 Å². The molecule has 2 rings (SSSR count). The summed E-state index contributed by atoms with van der Waals surface area (Å²) in [6.07, 6.45) is 2.58. The average molecular weight is 193 g/mol. The molecular weight excluding hydrogens is 178 g/mol. The van der Waals surface area contributed by atoms with Crippen molar-refractivity contribution in [1.29, 1.82) is 0 Å². The normalized spacial score (nSPS) is 17.9. The Balaban J connectivity index is 2.11. The predicted molar refractivity (Wildman–Crippen MR) is 55.4 cm³/mol. The molecule has 14 heavy (non-hydrogen) atoms. The van der Waals surface area contributed by atoms with E-state index in [-0.39, 0.29) is 5.56 Å². The van der Waals surface area contributed by atoms with E-state index in [1.165, 1.54) is 18.9 Å². The molecule has 76 valence electrons. The third-order valence-electron chi connectivity index (χ3n) is 2.56. The van der Waals surface area contributed by atoms with Crippen LogP contribution in [0.3, 0.4) is 0 Å². The van der Waals surface area contributed by atoms with Gasteiger partial charge in [0.05, 0.1) is 0 Å². The minimum atomic E-state index is -0.0944. The van der Waals surface area contributed by atoms with E-state index in [0.29, 0.717) is 17.7 Å². The molecule has 1 aliphatic rings. The lowest BCUT2D eigenvalue weighted by Gasteiger charge is -2.12. The highest BCUT2D eigenvalue weighted by Crippen LogP contribution is 2.33. The van der Waals surface area contributed by atoms with Crippen LogP contribution in [0.15, 0.2) is 10.9 Å². The molecule has 1 atom stereocenters. The second-order valence-electron chi connectivity index (χ2n) is 3.99. The molecule has 1 aliphatic carbocycles.